The van der Waals surface area contributed by atoms with Gasteiger partial charge < -0.3 is 19.2 Å². The first-order valence-electron chi connectivity index (χ1n) is 8.29. The second-order valence-electron chi connectivity index (χ2n) is 5.89. The van der Waals surface area contributed by atoms with Crippen LogP contribution in [0, 0.1) is 12.7 Å². The van der Waals surface area contributed by atoms with Gasteiger partial charge in [-0.2, -0.15) is 5.10 Å². The Morgan fingerprint density at radius 1 is 1.21 bits per heavy atom. The van der Waals surface area contributed by atoms with E-state index in [-0.39, 0.29) is 29.6 Å². The van der Waals surface area contributed by atoms with Crippen LogP contribution in [-0.4, -0.2) is 28.8 Å². The maximum atomic E-state index is 12.9. The van der Waals surface area contributed by atoms with Crippen molar-refractivity contribution in [3.05, 3.63) is 65.1 Å². The summed E-state index contributed by atoms with van der Waals surface area (Å²) in [6, 6.07) is 8.63. The number of nitrogens with zero attached hydrogens (tertiary/aromatic N) is 2. The van der Waals surface area contributed by atoms with Gasteiger partial charge in [-0.05, 0) is 43.3 Å². The number of benzene rings is 1. The molecule has 0 radical (unpaired) electrons. The molecular formula is C19H18FN3O5. The number of hydrogen-bond acceptors (Lipinski definition) is 6. The highest BCUT2D eigenvalue weighted by molar-refractivity contribution is 6.06. The zero-order chi connectivity index (χ0) is 20.3. The van der Waals surface area contributed by atoms with E-state index in [0.29, 0.717) is 17.2 Å². The summed E-state index contributed by atoms with van der Waals surface area (Å²) in [6.07, 6.45) is 0. The summed E-state index contributed by atoms with van der Waals surface area (Å²) in [5.41, 5.74) is 0.835. The molecule has 3 rings (SSSR count). The third-order valence-electron chi connectivity index (χ3n) is 3.92. The van der Waals surface area contributed by atoms with E-state index < -0.39 is 11.9 Å². The lowest BCUT2D eigenvalue weighted by molar-refractivity contribution is 0.0589. The van der Waals surface area contributed by atoms with Crippen LogP contribution in [0.5, 0.6) is 5.75 Å². The molecule has 0 fully saturated rings. The lowest BCUT2D eigenvalue weighted by Gasteiger charge is -2.06. The summed E-state index contributed by atoms with van der Waals surface area (Å²) in [4.78, 5) is 24.4. The normalized spacial score (nSPS) is 10.6. The number of aryl methyl sites for hydroxylation is 2. The monoisotopic (exact) mass is 387 g/mol. The number of methoxy groups -OCH3 is 1. The van der Waals surface area contributed by atoms with E-state index in [1.54, 1.807) is 20.0 Å². The van der Waals surface area contributed by atoms with Crippen molar-refractivity contribution in [2.45, 2.75) is 13.5 Å². The number of carbonyl (C=O) groups excluding carboxylic acids is 2. The Labute approximate surface area is 159 Å². The first-order valence-corrected chi connectivity index (χ1v) is 8.29. The molecule has 0 aliphatic rings. The quantitative estimate of drug-likeness (QED) is 0.653. The van der Waals surface area contributed by atoms with Crippen LogP contribution in [0.25, 0.3) is 0 Å². The van der Waals surface area contributed by atoms with Crippen LogP contribution in [0.4, 0.5) is 10.1 Å². The number of amides is 1. The zero-order valence-electron chi connectivity index (χ0n) is 15.5. The van der Waals surface area contributed by atoms with E-state index in [2.05, 4.69) is 10.4 Å². The summed E-state index contributed by atoms with van der Waals surface area (Å²) in [6.45, 7) is 1.73. The zero-order valence-corrected chi connectivity index (χ0v) is 15.5. The van der Waals surface area contributed by atoms with Crippen LogP contribution in [0.3, 0.4) is 0 Å². The molecule has 0 bridgehead atoms. The molecule has 0 atom stereocenters. The number of hydrogen-bond donors (Lipinski definition) is 1. The highest BCUT2D eigenvalue weighted by atomic mass is 19.1. The Bertz CT molecular complexity index is 1010. The van der Waals surface area contributed by atoms with E-state index in [4.69, 9.17) is 13.9 Å². The van der Waals surface area contributed by atoms with Gasteiger partial charge in [-0.15, -0.1) is 0 Å². The Morgan fingerprint density at radius 2 is 1.93 bits per heavy atom. The third-order valence-corrected chi connectivity index (χ3v) is 3.92. The number of anilines is 1. The molecule has 1 amide bonds. The van der Waals surface area contributed by atoms with E-state index in [9.17, 15) is 14.0 Å². The van der Waals surface area contributed by atoms with Crippen LogP contribution < -0.4 is 10.1 Å². The Kier molecular flexibility index (Phi) is 5.44. The molecule has 0 aliphatic heterocycles. The largest absolute Gasteiger partial charge is 0.486 e. The molecule has 1 aromatic carbocycles. The topological polar surface area (TPSA) is 95.6 Å². The standard InChI is InChI=1S/C19H18FN3O5/c1-11-16(17(19(25)26-3)23(2)22-11)21-18(24)15-9-8-14(28-15)10-27-13-6-4-12(20)5-7-13/h4-9H,10H2,1-3H3,(H,21,24). The van der Waals surface area contributed by atoms with Crippen LogP contribution in [0.15, 0.2) is 40.8 Å². The van der Waals surface area contributed by atoms with Gasteiger partial charge in [0.1, 0.15) is 23.9 Å². The van der Waals surface area contributed by atoms with Crippen molar-refractivity contribution in [3.63, 3.8) is 0 Å². The molecule has 2 aromatic heterocycles. The fourth-order valence-electron chi connectivity index (χ4n) is 2.58. The molecule has 8 nitrogen and oxygen atoms in total. The van der Waals surface area contributed by atoms with Crippen LogP contribution >= 0.6 is 0 Å². The van der Waals surface area contributed by atoms with Gasteiger partial charge in [0.15, 0.2) is 11.5 Å². The summed E-state index contributed by atoms with van der Waals surface area (Å²) in [7, 11) is 2.82. The highest BCUT2D eigenvalue weighted by Crippen LogP contribution is 2.22. The average molecular weight is 387 g/mol. The van der Waals surface area contributed by atoms with E-state index in [1.807, 2.05) is 0 Å². The van der Waals surface area contributed by atoms with Crippen LogP contribution in [0.1, 0.15) is 32.5 Å². The van der Waals surface area contributed by atoms with Gasteiger partial charge in [0.05, 0.1) is 18.5 Å². The van der Waals surface area contributed by atoms with Crippen molar-refractivity contribution < 1.29 is 27.9 Å². The first-order chi connectivity index (χ1) is 13.4. The third kappa shape index (κ3) is 4.03. The summed E-state index contributed by atoms with van der Waals surface area (Å²) >= 11 is 0. The van der Waals surface area contributed by atoms with Gasteiger partial charge in [-0.25, -0.2) is 9.18 Å². The van der Waals surface area contributed by atoms with Crippen molar-refractivity contribution in [3.8, 4) is 5.75 Å². The highest BCUT2D eigenvalue weighted by Gasteiger charge is 2.23. The number of rotatable bonds is 6. The van der Waals surface area contributed by atoms with Crippen LogP contribution in [-0.2, 0) is 18.4 Å². The van der Waals surface area contributed by atoms with Gasteiger partial charge in [0, 0.05) is 7.05 Å². The second kappa shape index (κ2) is 7.95. The summed E-state index contributed by atoms with van der Waals surface area (Å²) in [5.74, 6) is -0.610. The Morgan fingerprint density at radius 3 is 2.61 bits per heavy atom. The van der Waals surface area contributed by atoms with Crippen molar-refractivity contribution in [2.24, 2.45) is 7.05 Å². The molecule has 0 saturated heterocycles. The number of esters is 1. The van der Waals surface area contributed by atoms with Crippen molar-refractivity contribution in [1.29, 1.82) is 0 Å². The lowest BCUT2D eigenvalue weighted by atomic mass is 10.3. The molecule has 1 N–H and O–H groups in total. The number of nitrogens with one attached hydrogen (secondary N) is 1. The fourth-order valence-corrected chi connectivity index (χ4v) is 2.58. The molecular weight excluding hydrogens is 369 g/mol. The van der Waals surface area contributed by atoms with E-state index in [0.717, 1.165) is 0 Å². The lowest BCUT2D eigenvalue weighted by Crippen LogP contribution is -2.16. The van der Waals surface area contributed by atoms with Gasteiger partial charge in [0.2, 0.25) is 0 Å². The minimum atomic E-state index is -0.619. The van der Waals surface area contributed by atoms with E-state index in [1.165, 1.54) is 42.1 Å². The number of halogens is 1. The molecule has 9 heteroatoms. The van der Waals surface area contributed by atoms with Gasteiger partial charge in [-0.3, -0.25) is 9.48 Å². The van der Waals surface area contributed by atoms with Gasteiger partial charge >= 0.3 is 5.97 Å². The smallest absolute Gasteiger partial charge is 0.358 e. The van der Waals surface area contributed by atoms with Gasteiger partial charge in [-0.1, -0.05) is 0 Å². The maximum Gasteiger partial charge on any atom is 0.358 e. The molecule has 0 aliphatic carbocycles. The SMILES string of the molecule is COC(=O)c1c(NC(=O)c2ccc(COc3ccc(F)cc3)o2)c(C)nn1C. The van der Waals surface area contributed by atoms with Crippen LogP contribution in [0.2, 0.25) is 0 Å². The Hall–Kier alpha value is -3.62. The molecule has 0 unspecified atom stereocenters. The van der Waals surface area contributed by atoms with Crippen molar-refractivity contribution in [1.82, 2.24) is 9.78 Å². The Balaban J connectivity index is 1.69. The molecule has 146 valence electrons. The maximum absolute atomic E-state index is 12.9. The first kappa shape index (κ1) is 19.2. The summed E-state index contributed by atoms with van der Waals surface area (Å²) < 4.78 is 29.9. The van der Waals surface area contributed by atoms with Crippen molar-refractivity contribution >= 4 is 17.6 Å². The second-order valence-corrected chi connectivity index (χ2v) is 5.89. The number of carbonyl (C=O) groups is 2. The summed E-state index contributed by atoms with van der Waals surface area (Å²) in [5, 5.41) is 6.75. The number of ether oxygens (including phenoxy) is 2. The van der Waals surface area contributed by atoms with Gasteiger partial charge in [0.25, 0.3) is 5.91 Å². The minimum absolute atomic E-state index is 0.0387. The molecule has 2 heterocycles. The molecule has 28 heavy (non-hydrogen) atoms. The minimum Gasteiger partial charge on any atom is -0.486 e. The predicted molar refractivity (Wildman–Crippen MR) is 96.7 cm³/mol. The van der Waals surface area contributed by atoms with Crippen molar-refractivity contribution in [2.75, 3.05) is 12.4 Å². The fraction of sp³-hybridized carbons (Fsp3) is 0.211. The number of aromatic nitrogens is 2. The molecule has 0 spiro atoms. The average Bonchev–Trinajstić information content (AvgIpc) is 3.25. The molecule has 3 aromatic rings. The number of furan rings is 1. The predicted octanol–water partition coefficient (Wildman–Crippen LogP) is 3.08. The molecule has 0 saturated carbocycles. The van der Waals surface area contributed by atoms with E-state index >= 15 is 0 Å².